The summed E-state index contributed by atoms with van der Waals surface area (Å²) in [6.45, 7) is 1.55. The molecule has 0 atom stereocenters. The lowest BCUT2D eigenvalue weighted by Crippen LogP contribution is -2.37. The molecule has 0 saturated heterocycles. The van der Waals surface area contributed by atoms with Crippen LogP contribution in [0.1, 0.15) is 31.2 Å². The second kappa shape index (κ2) is 7.29. The van der Waals surface area contributed by atoms with E-state index >= 15 is 0 Å². The SMILES string of the molecule is CN(CCNC(=O)Cc1ccccc1O)C1CCCC1. The standard InChI is InChI=1S/C16H24N2O2/c1-18(14-7-3-4-8-14)11-10-17-16(20)12-13-6-2-5-9-15(13)19/h2,5-6,9,14,19H,3-4,7-8,10-12H2,1H3,(H,17,20). The quantitative estimate of drug-likeness (QED) is 0.834. The summed E-state index contributed by atoms with van der Waals surface area (Å²) in [6, 6.07) is 7.66. The van der Waals surface area contributed by atoms with Crippen molar-refractivity contribution in [3.63, 3.8) is 0 Å². The first-order valence-corrected chi connectivity index (χ1v) is 7.40. The van der Waals surface area contributed by atoms with Crippen LogP contribution in [-0.2, 0) is 11.2 Å². The first kappa shape index (κ1) is 14.9. The van der Waals surface area contributed by atoms with Crippen LogP contribution in [0.4, 0.5) is 0 Å². The molecule has 0 unspecified atom stereocenters. The van der Waals surface area contributed by atoms with Gasteiger partial charge in [-0.25, -0.2) is 0 Å². The smallest absolute Gasteiger partial charge is 0.224 e. The third-order valence-corrected chi connectivity index (χ3v) is 4.08. The molecule has 1 aliphatic carbocycles. The van der Waals surface area contributed by atoms with E-state index in [1.54, 1.807) is 18.2 Å². The molecule has 2 rings (SSSR count). The number of nitrogens with one attached hydrogen (secondary N) is 1. The highest BCUT2D eigenvalue weighted by Gasteiger charge is 2.19. The van der Waals surface area contributed by atoms with Crippen LogP contribution in [0, 0.1) is 0 Å². The fourth-order valence-corrected chi connectivity index (χ4v) is 2.80. The number of hydrogen-bond donors (Lipinski definition) is 2. The molecule has 4 heteroatoms. The van der Waals surface area contributed by atoms with Gasteiger partial charge in [0.15, 0.2) is 0 Å². The zero-order chi connectivity index (χ0) is 14.4. The maximum absolute atomic E-state index is 11.8. The van der Waals surface area contributed by atoms with Crippen molar-refractivity contribution in [1.82, 2.24) is 10.2 Å². The van der Waals surface area contributed by atoms with Gasteiger partial charge in [-0.3, -0.25) is 4.79 Å². The van der Waals surface area contributed by atoms with Crippen LogP contribution in [0.15, 0.2) is 24.3 Å². The molecule has 0 heterocycles. The average molecular weight is 276 g/mol. The molecule has 0 bridgehead atoms. The molecule has 1 amide bonds. The van der Waals surface area contributed by atoms with Crippen molar-refractivity contribution < 1.29 is 9.90 Å². The van der Waals surface area contributed by atoms with Gasteiger partial charge in [-0.15, -0.1) is 0 Å². The first-order valence-electron chi connectivity index (χ1n) is 7.40. The monoisotopic (exact) mass is 276 g/mol. The number of carbonyl (C=O) groups is 1. The largest absolute Gasteiger partial charge is 0.508 e. The zero-order valence-corrected chi connectivity index (χ0v) is 12.1. The molecule has 1 aromatic rings. The van der Waals surface area contributed by atoms with Crippen LogP contribution in [0.5, 0.6) is 5.75 Å². The number of rotatable bonds is 6. The number of likely N-dealkylation sites (N-methyl/N-ethyl adjacent to an activating group) is 1. The lowest BCUT2D eigenvalue weighted by molar-refractivity contribution is -0.120. The van der Waals surface area contributed by atoms with E-state index in [2.05, 4.69) is 17.3 Å². The number of aromatic hydroxyl groups is 1. The predicted octanol–water partition coefficient (Wildman–Crippen LogP) is 1.93. The molecule has 1 saturated carbocycles. The fraction of sp³-hybridized carbons (Fsp3) is 0.562. The van der Waals surface area contributed by atoms with Crippen LogP contribution in [0.2, 0.25) is 0 Å². The van der Waals surface area contributed by atoms with E-state index in [4.69, 9.17) is 0 Å². The van der Waals surface area contributed by atoms with Gasteiger partial charge in [0.2, 0.25) is 5.91 Å². The molecule has 2 N–H and O–H groups in total. The molecule has 110 valence electrons. The van der Waals surface area contributed by atoms with E-state index in [9.17, 15) is 9.90 Å². The van der Waals surface area contributed by atoms with Gasteiger partial charge in [0.25, 0.3) is 0 Å². The lowest BCUT2D eigenvalue weighted by atomic mass is 10.1. The Morgan fingerprint density at radius 3 is 2.75 bits per heavy atom. The number of nitrogens with zero attached hydrogens (tertiary/aromatic N) is 1. The van der Waals surface area contributed by atoms with E-state index in [0.29, 0.717) is 18.2 Å². The van der Waals surface area contributed by atoms with Crippen molar-refractivity contribution in [3.05, 3.63) is 29.8 Å². The summed E-state index contributed by atoms with van der Waals surface area (Å²) in [6.07, 6.45) is 5.45. The molecule has 0 spiro atoms. The van der Waals surface area contributed by atoms with Crippen molar-refractivity contribution >= 4 is 5.91 Å². The molecular formula is C16H24N2O2. The van der Waals surface area contributed by atoms with E-state index in [-0.39, 0.29) is 18.1 Å². The molecule has 0 aromatic heterocycles. The van der Waals surface area contributed by atoms with Crippen LogP contribution < -0.4 is 5.32 Å². The van der Waals surface area contributed by atoms with E-state index in [1.165, 1.54) is 25.7 Å². The Bertz CT molecular complexity index is 442. The first-order chi connectivity index (χ1) is 9.66. The Kier molecular flexibility index (Phi) is 5.41. The number of phenolic OH excluding ortho intramolecular Hbond substituents is 1. The fourth-order valence-electron chi connectivity index (χ4n) is 2.80. The summed E-state index contributed by atoms with van der Waals surface area (Å²) < 4.78 is 0. The number of para-hydroxylation sites is 1. The molecular weight excluding hydrogens is 252 g/mol. The Labute approximate surface area is 120 Å². The van der Waals surface area contributed by atoms with Crippen molar-refractivity contribution in [2.75, 3.05) is 20.1 Å². The number of carbonyl (C=O) groups excluding carboxylic acids is 1. The molecule has 20 heavy (non-hydrogen) atoms. The summed E-state index contributed by atoms with van der Waals surface area (Å²) >= 11 is 0. The van der Waals surface area contributed by atoms with Gasteiger partial charge >= 0.3 is 0 Å². The van der Waals surface area contributed by atoms with Gasteiger partial charge in [0, 0.05) is 24.7 Å². The van der Waals surface area contributed by atoms with E-state index < -0.39 is 0 Å². The molecule has 4 nitrogen and oxygen atoms in total. The molecule has 0 aliphatic heterocycles. The molecule has 1 aromatic carbocycles. The highest BCUT2D eigenvalue weighted by Crippen LogP contribution is 2.21. The normalized spacial score (nSPS) is 15.7. The lowest BCUT2D eigenvalue weighted by Gasteiger charge is -2.23. The maximum Gasteiger partial charge on any atom is 0.224 e. The second-order valence-corrected chi connectivity index (χ2v) is 5.57. The van der Waals surface area contributed by atoms with Crippen molar-refractivity contribution in [1.29, 1.82) is 0 Å². The summed E-state index contributed by atoms with van der Waals surface area (Å²) in [5.41, 5.74) is 0.675. The van der Waals surface area contributed by atoms with Gasteiger partial charge in [0.05, 0.1) is 6.42 Å². The minimum Gasteiger partial charge on any atom is -0.508 e. The van der Waals surface area contributed by atoms with Gasteiger partial charge in [0.1, 0.15) is 5.75 Å². The van der Waals surface area contributed by atoms with Crippen LogP contribution in [0.25, 0.3) is 0 Å². The van der Waals surface area contributed by atoms with Gasteiger partial charge in [-0.1, -0.05) is 31.0 Å². The van der Waals surface area contributed by atoms with Crippen molar-refractivity contribution in [2.45, 2.75) is 38.1 Å². The Balaban J connectivity index is 1.69. The number of benzene rings is 1. The van der Waals surface area contributed by atoms with Crippen molar-refractivity contribution in [3.8, 4) is 5.75 Å². The number of hydrogen-bond acceptors (Lipinski definition) is 3. The van der Waals surface area contributed by atoms with Crippen LogP contribution >= 0.6 is 0 Å². The third kappa shape index (κ3) is 4.23. The second-order valence-electron chi connectivity index (χ2n) is 5.57. The van der Waals surface area contributed by atoms with Gasteiger partial charge < -0.3 is 15.3 Å². The zero-order valence-electron chi connectivity index (χ0n) is 12.1. The van der Waals surface area contributed by atoms with Crippen LogP contribution in [0.3, 0.4) is 0 Å². The summed E-state index contributed by atoms with van der Waals surface area (Å²) in [5.74, 6) is 0.150. The van der Waals surface area contributed by atoms with Crippen LogP contribution in [-0.4, -0.2) is 42.1 Å². The molecule has 1 fully saturated rings. The minimum atomic E-state index is -0.0358. The Morgan fingerprint density at radius 2 is 2.05 bits per heavy atom. The van der Waals surface area contributed by atoms with Gasteiger partial charge in [-0.2, -0.15) is 0 Å². The number of amides is 1. The summed E-state index contributed by atoms with van der Waals surface area (Å²) in [4.78, 5) is 14.2. The predicted molar refractivity (Wildman–Crippen MR) is 79.7 cm³/mol. The van der Waals surface area contributed by atoms with E-state index in [0.717, 1.165) is 6.54 Å². The molecule has 1 aliphatic rings. The highest BCUT2D eigenvalue weighted by molar-refractivity contribution is 5.79. The summed E-state index contributed by atoms with van der Waals surface area (Å²) in [7, 11) is 2.13. The van der Waals surface area contributed by atoms with E-state index in [1.807, 2.05) is 6.07 Å². The topological polar surface area (TPSA) is 52.6 Å². The Hall–Kier alpha value is -1.55. The Morgan fingerprint density at radius 1 is 1.35 bits per heavy atom. The molecule has 0 radical (unpaired) electrons. The summed E-state index contributed by atoms with van der Waals surface area (Å²) in [5, 5.41) is 12.5. The third-order valence-electron chi connectivity index (χ3n) is 4.08. The number of phenols is 1. The highest BCUT2D eigenvalue weighted by atomic mass is 16.3. The van der Waals surface area contributed by atoms with Crippen molar-refractivity contribution in [2.24, 2.45) is 0 Å². The average Bonchev–Trinajstić information content (AvgIpc) is 2.95. The minimum absolute atomic E-state index is 0.0358. The van der Waals surface area contributed by atoms with Gasteiger partial charge in [-0.05, 0) is 26.0 Å². The maximum atomic E-state index is 11.8.